The van der Waals surface area contributed by atoms with Crippen LogP contribution in [0, 0.1) is 5.41 Å². The molecule has 4 rings (SSSR count). The Morgan fingerprint density at radius 1 is 1.10 bits per heavy atom. The average Bonchev–Trinajstić information content (AvgIpc) is 2.74. The second-order valence-corrected chi connectivity index (χ2v) is 8.52. The van der Waals surface area contributed by atoms with E-state index in [1.807, 2.05) is 24.3 Å². The number of hydrogen-bond donors (Lipinski definition) is 2. The molecule has 2 amide bonds. The molecule has 0 unspecified atom stereocenters. The minimum Gasteiger partial charge on any atom is -0.378 e. The van der Waals surface area contributed by atoms with Gasteiger partial charge in [-0.25, -0.2) is 0 Å². The number of amidine groups is 1. The zero-order valence-corrected chi connectivity index (χ0v) is 18.1. The van der Waals surface area contributed by atoms with E-state index in [1.54, 1.807) is 17.0 Å². The quantitative estimate of drug-likeness (QED) is 0.529. The highest BCUT2D eigenvalue weighted by molar-refractivity contribution is 9.10. The van der Waals surface area contributed by atoms with Gasteiger partial charge in [0.2, 0.25) is 0 Å². The molecule has 1 aromatic carbocycles. The molecule has 2 fully saturated rings. The van der Waals surface area contributed by atoms with Crippen LogP contribution in [-0.2, 0) is 10.2 Å². The first-order chi connectivity index (χ1) is 14.5. The molecule has 0 atom stereocenters. The van der Waals surface area contributed by atoms with Gasteiger partial charge in [0.1, 0.15) is 11.5 Å². The molecule has 1 aromatic heterocycles. The van der Waals surface area contributed by atoms with Crippen molar-refractivity contribution in [3.05, 3.63) is 63.9 Å². The molecule has 2 aliphatic rings. The van der Waals surface area contributed by atoms with Crippen molar-refractivity contribution in [2.75, 3.05) is 26.3 Å². The Bertz CT molecular complexity index is 949. The average molecular weight is 471 g/mol. The fraction of sp³-hybridized carbons (Fsp3) is 0.364. The summed E-state index contributed by atoms with van der Waals surface area (Å²) in [5, 5.41) is 11.3. The van der Waals surface area contributed by atoms with Gasteiger partial charge in [-0.1, -0.05) is 34.5 Å². The Morgan fingerprint density at radius 2 is 1.80 bits per heavy atom. The topological polar surface area (TPSA) is 95.4 Å². The van der Waals surface area contributed by atoms with Crippen LogP contribution >= 0.6 is 15.9 Å². The van der Waals surface area contributed by atoms with Crippen molar-refractivity contribution in [1.29, 1.82) is 5.41 Å². The van der Waals surface area contributed by atoms with Crippen molar-refractivity contribution in [3.63, 3.8) is 0 Å². The normalized spacial score (nSPS) is 17.7. The molecule has 30 heavy (non-hydrogen) atoms. The molecular formula is C22H23BrN4O3. The van der Waals surface area contributed by atoms with E-state index in [1.165, 1.54) is 6.20 Å². The number of rotatable bonds is 4. The van der Waals surface area contributed by atoms with E-state index in [4.69, 9.17) is 10.1 Å². The van der Waals surface area contributed by atoms with E-state index in [2.05, 4.69) is 26.2 Å². The Morgan fingerprint density at radius 3 is 2.37 bits per heavy atom. The number of nitrogens with zero attached hydrogens (tertiary/aromatic N) is 2. The second-order valence-electron chi connectivity index (χ2n) is 7.61. The molecule has 0 bridgehead atoms. The maximum atomic E-state index is 12.7. The Labute approximate surface area is 183 Å². The van der Waals surface area contributed by atoms with Crippen molar-refractivity contribution < 1.29 is 14.3 Å². The van der Waals surface area contributed by atoms with Gasteiger partial charge >= 0.3 is 0 Å². The fourth-order valence-corrected chi connectivity index (χ4v) is 4.14. The second kappa shape index (κ2) is 8.65. The van der Waals surface area contributed by atoms with Crippen LogP contribution in [0.5, 0.6) is 0 Å². The molecule has 1 saturated carbocycles. The van der Waals surface area contributed by atoms with Crippen LogP contribution in [0.3, 0.4) is 0 Å². The highest BCUT2D eigenvalue weighted by atomic mass is 79.9. The molecule has 156 valence electrons. The summed E-state index contributed by atoms with van der Waals surface area (Å²) in [5.74, 6) is -0.350. The monoisotopic (exact) mass is 470 g/mol. The largest absolute Gasteiger partial charge is 0.378 e. The Hall–Kier alpha value is -2.58. The molecular weight excluding hydrogens is 448 g/mol. The number of benzene rings is 1. The molecule has 1 aliphatic heterocycles. The minimum atomic E-state index is -0.448. The van der Waals surface area contributed by atoms with Crippen LogP contribution in [0.4, 0.5) is 0 Å². The summed E-state index contributed by atoms with van der Waals surface area (Å²) in [6.07, 6.45) is 4.08. The van der Waals surface area contributed by atoms with Crippen LogP contribution in [0.2, 0.25) is 0 Å². The van der Waals surface area contributed by atoms with Gasteiger partial charge in [-0.3, -0.25) is 20.0 Å². The predicted octanol–water partition coefficient (Wildman–Crippen LogP) is 3.15. The van der Waals surface area contributed by atoms with Gasteiger partial charge in [-0.15, -0.1) is 0 Å². The van der Waals surface area contributed by atoms with E-state index < -0.39 is 5.41 Å². The number of carbonyl (C=O) groups is 2. The number of carbonyl (C=O) groups excluding carboxylic acids is 2. The lowest BCUT2D eigenvalue weighted by Crippen LogP contribution is -2.50. The third kappa shape index (κ3) is 4.02. The fourth-order valence-electron chi connectivity index (χ4n) is 3.87. The maximum absolute atomic E-state index is 12.7. The summed E-state index contributed by atoms with van der Waals surface area (Å²) < 4.78 is 6.24. The lowest BCUT2D eigenvalue weighted by molar-refractivity contribution is 0.0299. The van der Waals surface area contributed by atoms with Gasteiger partial charge in [-0.05, 0) is 42.7 Å². The third-order valence-corrected chi connectivity index (χ3v) is 6.39. The standard InChI is InChI=1S/C22H23BrN4O3/c23-17-5-3-16(4-6-17)22(8-1-9-22)21(24)26-19(28)15-2-7-18(25-14-15)20(29)27-10-12-30-13-11-27/h2-7,14H,1,8-13H2,(H2,24,26,28). The summed E-state index contributed by atoms with van der Waals surface area (Å²) in [5.41, 5.74) is 1.21. The smallest absolute Gasteiger partial charge is 0.272 e. The van der Waals surface area contributed by atoms with Gasteiger partial charge in [0.15, 0.2) is 0 Å². The summed E-state index contributed by atoms with van der Waals surface area (Å²) in [4.78, 5) is 31.1. The summed E-state index contributed by atoms with van der Waals surface area (Å²) >= 11 is 3.44. The van der Waals surface area contributed by atoms with Crippen molar-refractivity contribution in [3.8, 4) is 0 Å². The maximum Gasteiger partial charge on any atom is 0.272 e. The molecule has 2 heterocycles. The summed E-state index contributed by atoms with van der Waals surface area (Å²) in [6, 6.07) is 11.0. The van der Waals surface area contributed by atoms with E-state index in [0.717, 1.165) is 29.3 Å². The van der Waals surface area contributed by atoms with E-state index in [-0.39, 0.29) is 17.6 Å². The number of nitrogens with one attached hydrogen (secondary N) is 2. The lowest BCUT2D eigenvalue weighted by atomic mass is 9.63. The molecule has 8 heteroatoms. The number of aromatic nitrogens is 1. The molecule has 0 radical (unpaired) electrons. The number of amides is 2. The zero-order chi connectivity index (χ0) is 21.1. The molecule has 2 aromatic rings. The van der Waals surface area contributed by atoms with Crippen molar-refractivity contribution in [1.82, 2.24) is 15.2 Å². The SMILES string of the molecule is N=C(NC(=O)c1ccc(C(=O)N2CCOCC2)nc1)C1(c2ccc(Br)cc2)CCC1. The first kappa shape index (κ1) is 20.7. The molecule has 2 N–H and O–H groups in total. The summed E-state index contributed by atoms with van der Waals surface area (Å²) in [7, 11) is 0. The number of morpholine rings is 1. The molecule has 0 spiro atoms. The Kier molecular flexibility index (Phi) is 5.97. The predicted molar refractivity (Wildman–Crippen MR) is 116 cm³/mol. The number of halogens is 1. The van der Waals surface area contributed by atoms with Crippen LogP contribution in [0.1, 0.15) is 45.7 Å². The number of pyridine rings is 1. The number of hydrogen-bond acceptors (Lipinski definition) is 5. The van der Waals surface area contributed by atoms with Gasteiger partial charge in [0.05, 0.1) is 24.2 Å². The first-order valence-electron chi connectivity index (χ1n) is 9.99. The van der Waals surface area contributed by atoms with Gasteiger partial charge < -0.3 is 15.0 Å². The first-order valence-corrected chi connectivity index (χ1v) is 10.8. The van der Waals surface area contributed by atoms with Crippen LogP contribution in [0.15, 0.2) is 47.1 Å². The van der Waals surface area contributed by atoms with Gasteiger partial charge in [0.25, 0.3) is 11.8 Å². The number of ether oxygens (including phenoxy) is 1. The molecule has 7 nitrogen and oxygen atoms in total. The zero-order valence-electron chi connectivity index (χ0n) is 16.5. The minimum absolute atomic E-state index is 0.165. The van der Waals surface area contributed by atoms with Gasteiger partial charge in [0, 0.05) is 23.8 Å². The van der Waals surface area contributed by atoms with E-state index in [0.29, 0.717) is 37.6 Å². The van der Waals surface area contributed by atoms with Crippen LogP contribution in [0.25, 0.3) is 0 Å². The van der Waals surface area contributed by atoms with Gasteiger partial charge in [-0.2, -0.15) is 0 Å². The van der Waals surface area contributed by atoms with Crippen LogP contribution in [-0.4, -0.2) is 53.8 Å². The lowest BCUT2D eigenvalue weighted by Gasteiger charge is -2.42. The van der Waals surface area contributed by atoms with Crippen molar-refractivity contribution in [2.45, 2.75) is 24.7 Å². The molecule has 1 aliphatic carbocycles. The third-order valence-electron chi connectivity index (χ3n) is 5.86. The van der Waals surface area contributed by atoms with Crippen LogP contribution < -0.4 is 5.32 Å². The highest BCUT2D eigenvalue weighted by Crippen LogP contribution is 2.44. The van der Waals surface area contributed by atoms with Crippen molar-refractivity contribution >= 4 is 33.6 Å². The van der Waals surface area contributed by atoms with E-state index >= 15 is 0 Å². The Balaban J connectivity index is 1.43. The highest BCUT2D eigenvalue weighted by Gasteiger charge is 2.43. The molecule has 1 saturated heterocycles. The summed E-state index contributed by atoms with van der Waals surface area (Å²) in [6.45, 7) is 2.12. The van der Waals surface area contributed by atoms with Crippen molar-refractivity contribution in [2.24, 2.45) is 0 Å². The van der Waals surface area contributed by atoms with E-state index in [9.17, 15) is 9.59 Å².